The normalized spacial score (nSPS) is 18.4. The molecule has 3 rings (SSSR count). The van der Waals surface area contributed by atoms with E-state index in [-0.39, 0.29) is 5.91 Å². The SMILES string of the molecule is Cc1cc(NC(=O)CC2CCCN2)c2ccccc2n1. The number of nitrogens with zero attached hydrogens (tertiary/aromatic N) is 1. The highest BCUT2D eigenvalue weighted by molar-refractivity contribution is 6.01. The van der Waals surface area contributed by atoms with Crippen LogP contribution < -0.4 is 10.6 Å². The molecule has 1 aliphatic rings. The second kappa shape index (κ2) is 5.59. The highest BCUT2D eigenvalue weighted by Gasteiger charge is 2.18. The average Bonchev–Trinajstić information content (AvgIpc) is 2.91. The van der Waals surface area contributed by atoms with Gasteiger partial charge >= 0.3 is 0 Å². The molecule has 1 unspecified atom stereocenters. The zero-order chi connectivity index (χ0) is 13.9. The van der Waals surface area contributed by atoms with E-state index < -0.39 is 0 Å². The Kier molecular flexibility index (Phi) is 3.65. The van der Waals surface area contributed by atoms with Gasteiger partial charge in [0.2, 0.25) is 5.91 Å². The fraction of sp³-hybridized carbons (Fsp3) is 0.375. The van der Waals surface area contributed by atoms with Crippen LogP contribution in [-0.4, -0.2) is 23.5 Å². The number of hydrogen-bond acceptors (Lipinski definition) is 3. The molecule has 0 saturated carbocycles. The van der Waals surface area contributed by atoms with Crippen LogP contribution in [0, 0.1) is 6.92 Å². The fourth-order valence-electron chi connectivity index (χ4n) is 2.77. The Balaban J connectivity index is 1.81. The van der Waals surface area contributed by atoms with Crippen LogP contribution in [0.25, 0.3) is 10.9 Å². The number of nitrogens with one attached hydrogen (secondary N) is 2. The van der Waals surface area contributed by atoms with Gasteiger partial charge in [0, 0.05) is 23.5 Å². The molecule has 2 N–H and O–H groups in total. The van der Waals surface area contributed by atoms with E-state index in [1.807, 2.05) is 37.3 Å². The Morgan fingerprint density at radius 2 is 2.30 bits per heavy atom. The number of fused-ring (bicyclic) bond motifs is 1. The maximum absolute atomic E-state index is 12.2. The summed E-state index contributed by atoms with van der Waals surface area (Å²) in [6.07, 6.45) is 2.79. The first-order valence-corrected chi connectivity index (χ1v) is 7.12. The lowest BCUT2D eigenvalue weighted by Gasteiger charge is -2.12. The van der Waals surface area contributed by atoms with E-state index in [9.17, 15) is 4.79 Å². The second-order valence-corrected chi connectivity index (χ2v) is 5.37. The molecule has 1 fully saturated rings. The van der Waals surface area contributed by atoms with Gasteiger partial charge in [-0.25, -0.2) is 0 Å². The van der Waals surface area contributed by atoms with Gasteiger partial charge in [0.1, 0.15) is 0 Å². The monoisotopic (exact) mass is 269 g/mol. The molecule has 1 aromatic heterocycles. The largest absolute Gasteiger partial charge is 0.325 e. The van der Waals surface area contributed by atoms with Crippen molar-refractivity contribution in [1.29, 1.82) is 0 Å². The molecule has 2 heterocycles. The lowest BCUT2D eigenvalue weighted by atomic mass is 10.1. The van der Waals surface area contributed by atoms with Crippen molar-refractivity contribution in [2.75, 3.05) is 11.9 Å². The molecular weight excluding hydrogens is 250 g/mol. The molecule has 20 heavy (non-hydrogen) atoms. The number of anilines is 1. The van der Waals surface area contributed by atoms with E-state index >= 15 is 0 Å². The van der Waals surface area contributed by atoms with E-state index in [0.717, 1.165) is 41.7 Å². The topological polar surface area (TPSA) is 54.0 Å². The van der Waals surface area contributed by atoms with Crippen LogP contribution in [0.15, 0.2) is 30.3 Å². The van der Waals surface area contributed by atoms with Gasteiger partial charge in [0.05, 0.1) is 11.2 Å². The number of pyridine rings is 1. The van der Waals surface area contributed by atoms with E-state index in [2.05, 4.69) is 15.6 Å². The van der Waals surface area contributed by atoms with Gasteiger partial charge in [-0.15, -0.1) is 0 Å². The third-order valence-electron chi connectivity index (χ3n) is 3.71. The third kappa shape index (κ3) is 2.80. The minimum absolute atomic E-state index is 0.0696. The molecule has 4 heteroatoms. The average molecular weight is 269 g/mol. The molecule has 0 aliphatic carbocycles. The first kappa shape index (κ1) is 13.1. The van der Waals surface area contributed by atoms with Gasteiger partial charge in [-0.2, -0.15) is 0 Å². The van der Waals surface area contributed by atoms with Crippen LogP contribution in [0.2, 0.25) is 0 Å². The van der Waals surface area contributed by atoms with Crippen LogP contribution >= 0.6 is 0 Å². The van der Waals surface area contributed by atoms with Crippen molar-refractivity contribution in [2.45, 2.75) is 32.2 Å². The van der Waals surface area contributed by atoms with Crippen LogP contribution in [-0.2, 0) is 4.79 Å². The third-order valence-corrected chi connectivity index (χ3v) is 3.71. The Morgan fingerprint density at radius 3 is 3.10 bits per heavy atom. The number of para-hydroxylation sites is 1. The van der Waals surface area contributed by atoms with Crippen molar-refractivity contribution in [2.24, 2.45) is 0 Å². The molecule has 104 valence electrons. The van der Waals surface area contributed by atoms with Crippen molar-refractivity contribution in [3.8, 4) is 0 Å². The Bertz CT molecular complexity index is 633. The van der Waals surface area contributed by atoms with E-state index in [0.29, 0.717) is 12.5 Å². The van der Waals surface area contributed by atoms with Gasteiger partial charge in [-0.3, -0.25) is 9.78 Å². The summed E-state index contributed by atoms with van der Waals surface area (Å²) in [6.45, 7) is 2.97. The molecule has 0 bridgehead atoms. The lowest BCUT2D eigenvalue weighted by Crippen LogP contribution is -2.27. The number of benzene rings is 1. The molecule has 0 spiro atoms. The number of hydrogen-bond donors (Lipinski definition) is 2. The molecule has 1 atom stereocenters. The standard InChI is InChI=1S/C16H19N3O/c1-11-9-15(13-6-2-3-7-14(13)18-11)19-16(20)10-12-5-4-8-17-12/h2-3,6-7,9,12,17H,4-5,8,10H2,1H3,(H,18,19,20). The van der Waals surface area contributed by atoms with Crippen LogP contribution in [0.3, 0.4) is 0 Å². The minimum atomic E-state index is 0.0696. The van der Waals surface area contributed by atoms with Crippen molar-refractivity contribution >= 4 is 22.5 Å². The van der Waals surface area contributed by atoms with E-state index in [1.165, 1.54) is 0 Å². The molecule has 1 amide bonds. The van der Waals surface area contributed by atoms with Crippen LogP contribution in [0.4, 0.5) is 5.69 Å². The number of amides is 1. The first-order chi connectivity index (χ1) is 9.72. The molecule has 1 aromatic carbocycles. The van der Waals surface area contributed by atoms with Gasteiger partial charge < -0.3 is 10.6 Å². The van der Waals surface area contributed by atoms with Gasteiger partial charge in [-0.05, 0) is 38.4 Å². The number of carbonyl (C=O) groups is 1. The molecule has 1 saturated heterocycles. The summed E-state index contributed by atoms with van der Waals surface area (Å²) in [5.74, 6) is 0.0696. The summed E-state index contributed by atoms with van der Waals surface area (Å²) < 4.78 is 0. The lowest BCUT2D eigenvalue weighted by molar-refractivity contribution is -0.116. The predicted octanol–water partition coefficient (Wildman–Crippen LogP) is 2.62. The van der Waals surface area contributed by atoms with Crippen molar-refractivity contribution in [1.82, 2.24) is 10.3 Å². The molecule has 1 aliphatic heterocycles. The fourth-order valence-corrected chi connectivity index (χ4v) is 2.77. The maximum atomic E-state index is 12.2. The van der Waals surface area contributed by atoms with E-state index in [4.69, 9.17) is 0 Å². The van der Waals surface area contributed by atoms with Crippen molar-refractivity contribution in [3.05, 3.63) is 36.0 Å². The summed E-state index contributed by atoms with van der Waals surface area (Å²) in [7, 11) is 0. The van der Waals surface area contributed by atoms with Crippen molar-refractivity contribution < 1.29 is 4.79 Å². The van der Waals surface area contributed by atoms with Crippen molar-refractivity contribution in [3.63, 3.8) is 0 Å². The summed E-state index contributed by atoms with van der Waals surface area (Å²) in [4.78, 5) is 16.6. The van der Waals surface area contributed by atoms with E-state index in [1.54, 1.807) is 0 Å². The van der Waals surface area contributed by atoms with Gasteiger partial charge in [0.15, 0.2) is 0 Å². The zero-order valence-electron chi connectivity index (χ0n) is 11.6. The predicted molar refractivity (Wildman–Crippen MR) is 80.8 cm³/mol. The highest BCUT2D eigenvalue weighted by Crippen LogP contribution is 2.23. The maximum Gasteiger partial charge on any atom is 0.225 e. The smallest absolute Gasteiger partial charge is 0.225 e. The molecule has 2 aromatic rings. The zero-order valence-corrected chi connectivity index (χ0v) is 11.6. The Morgan fingerprint density at radius 1 is 1.45 bits per heavy atom. The molecule has 4 nitrogen and oxygen atoms in total. The summed E-state index contributed by atoms with van der Waals surface area (Å²) in [5.41, 5.74) is 2.69. The van der Waals surface area contributed by atoms with Gasteiger partial charge in [-0.1, -0.05) is 18.2 Å². The van der Waals surface area contributed by atoms with Crippen LogP contribution in [0.5, 0.6) is 0 Å². The number of aromatic nitrogens is 1. The second-order valence-electron chi connectivity index (χ2n) is 5.37. The number of aryl methyl sites for hydroxylation is 1. The minimum Gasteiger partial charge on any atom is -0.325 e. The highest BCUT2D eigenvalue weighted by atomic mass is 16.1. The number of carbonyl (C=O) groups excluding carboxylic acids is 1. The quantitative estimate of drug-likeness (QED) is 0.900. The molecular formula is C16H19N3O. The summed E-state index contributed by atoms with van der Waals surface area (Å²) in [5, 5.41) is 7.37. The molecule has 0 radical (unpaired) electrons. The Labute approximate surface area is 118 Å². The summed E-state index contributed by atoms with van der Waals surface area (Å²) >= 11 is 0. The summed E-state index contributed by atoms with van der Waals surface area (Å²) in [6, 6.07) is 10.1. The first-order valence-electron chi connectivity index (χ1n) is 7.12. The van der Waals surface area contributed by atoms with Crippen LogP contribution in [0.1, 0.15) is 25.0 Å². The number of rotatable bonds is 3. The van der Waals surface area contributed by atoms with Gasteiger partial charge in [0.25, 0.3) is 0 Å². The Hall–Kier alpha value is -1.94.